The molecule has 4 rings (SSSR count). The fourth-order valence-electron chi connectivity index (χ4n) is 5.23. The van der Waals surface area contributed by atoms with Gasteiger partial charge < -0.3 is 81.3 Å². The van der Waals surface area contributed by atoms with Gasteiger partial charge in [0.1, 0.15) is 48.8 Å². The van der Waals surface area contributed by atoms with Gasteiger partial charge in [0.15, 0.2) is 12.4 Å². The molecule has 1 aliphatic carbocycles. The van der Waals surface area contributed by atoms with Crippen molar-refractivity contribution in [1.29, 1.82) is 0 Å². The van der Waals surface area contributed by atoms with E-state index < -0.39 is 111 Å². The van der Waals surface area contributed by atoms with Gasteiger partial charge in [0.25, 0.3) is 0 Å². The normalized spacial score (nSPS) is 54.4. The Morgan fingerprint density at radius 2 is 1.61 bits per heavy atom. The minimum Gasteiger partial charge on any atom is -0.395 e. The average Bonchev–Trinajstić information content (AvgIpc) is 3.27. The van der Waals surface area contributed by atoms with Gasteiger partial charge in [0, 0.05) is 12.1 Å². The molecule has 0 radical (unpaired) electrons. The molecule has 0 bridgehead atoms. The van der Waals surface area contributed by atoms with Crippen molar-refractivity contribution in [2.75, 3.05) is 20.3 Å². The fourth-order valence-corrected chi connectivity index (χ4v) is 5.23. The summed E-state index contributed by atoms with van der Waals surface area (Å²) in [5.41, 5.74) is 11.8. The quantitative estimate of drug-likeness (QED) is 0.153. The van der Waals surface area contributed by atoms with Gasteiger partial charge in [-0.2, -0.15) is 0 Å². The summed E-state index contributed by atoms with van der Waals surface area (Å²) in [6, 6.07) is -2.50. The number of nitrogens with two attached hydrogens (primary N) is 2. The summed E-state index contributed by atoms with van der Waals surface area (Å²) in [5, 5.41) is 85.6. The molecule has 13 N–H and O–H groups in total. The number of aliphatic hydroxyl groups excluding tert-OH is 8. The van der Waals surface area contributed by atoms with Crippen LogP contribution in [-0.2, 0) is 23.7 Å². The Bertz CT molecular complexity index is 756. The topological polar surface area (TPSA) is 272 Å². The summed E-state index contributed by atoms with van der Waals surface area (Å²) in [6.07, 6.45) is -17.7. The molecule has 0 aromatic carbocycles. The summed E-state index contributed by atoms with van der Waals surface area (Å²) in [7, 11) is 1.60. The van der Waals surface area contributed by atoms with Crippen LogP contribution in [0.3, 0.4) is 0 Å². The average molecular weight is 528 g/mol. The van der Waals surface area contributed by atoms with Gasteiger partial charge >= 0.3 is 5.97 Å². The molecule has 36 heavy (non-hydrogen) atoms. The lowest BCUT2D eigenvalue weighted by Crippen LogP contribution is -2.69. The highest BCUT2D eigenvalue weighted by atomic mass is 16.9. The van der Waals surface area contributed by atoms with Gasteiger partial charge in [-0.25, -0.2) is 0 Å². The third kappa shape index (κ3) is 4.68. The lowest BCUT2D eigenvalue weighted by atomic mass is 9.84. The molecule has 3 aliphatic heterocycles. The molecule has 3 saturated heterocycles. The van der Waals surface area contributed by atoms with Crippen LogP contribution in [0.2, 0.25) is 0 Å². The second kappa shape index (κ2) is 10.9. The molecule has 1 spiro atoms. The van der Waals surface area contributed by atoms with Gasteiger partial charge in [-0.1, -0.05) is 0 Å². The second-order valence-corrected chi connectivity index (χ2v) is 9.72. The van der Waals surface area contributed by atoms with Crippen LogP contribution in [0.5, 0.6) is 0 Å². The van der Waals surface area contributed by atoms with Crippen LogP contribution in [0.15, 0.2) is 0 Å². The lowest BCUT2D eigenvalue weighted by Gasteiger charge is -2.46. The van der Waals surface area contributed by atoms with Crippen LogP contribution >= 0.6 is 0 Å². The van der Waals surface area contributed by atoms with Gasteiger partial charge in [-0.3, -0.25) is 0 Å². The molecule has 3 heterocycles. The first-order valence-electron chi connectivity index (χ1n) is 11.8. The molecular formula is C20H37N3O13. The third-order valence-electron chi connectivity index (χ3n) is 7.42. The maximum Gasteiger partial charge on any atom is 0.314 e. The number of fused-ring (bicyclic) bond motifs is 1. The van der Waals surface area contributed by atoms with Crippen LogP contribution in [0.1, 0.15) is 6.42 Å². The monoisotopic (exact) mass is 527 g/mol. The van der Waals surface area contributed by atoms with Crippen molar-refractivity contribution in [1.82, 2.24) is 5.32 Å². The highest BCUT2D eigenvalue weighted by Crippen LogP contribution is 2.45. The zero-order valence-corrected chi connectivity index (χ0v) is 19.6. The minimum atomic E-state index is -2.48. The zero-order chi connectivity index (χ0) is 26.5. The molecule has 1 unspecified atom stereocenters. The van der Waals surface area contributed by atoms with Gasteiger partial charge in [0.05, 0.1) is 31.5 Å². The first-order chi connectivity index (χ1) is 17.0. The Morgan fingerprint density at radius 1 is 0.944 bits per heavy atom. The summed E-state index contributed by atoms with van der Waals surface area (Å²) in [5.74, 6) is -2.48. The highest BCUT2D eigenvalue weighted by Gasteiger charge is 2.67. The number of ether oxygens (including phenoxy) is 5. The number of aliphatic hydroxyl groups is 8. The molecule has 0 aromatic rings. The van der Waals surface area contributed by atoms with Crippen LogP contribution in [0, 0.1) is 0 Å². The Hall–Kier alpha value is -0.640. The molecule has 0 amide bonds. The molecule has 0 aromatic heterocycles. The summed E-state index contributed by atoms with van der Waals surface area (Å²) in [4.78, 5) is 0. The second-order valence-electron chi connectivity index (χ2n) is 9.72. The molecule has 16 atom stereocenters. The van der Waals surface area contributed by atoms with Crippen LogP contribution in [0.4, 0.5) is 0 Å². The Labute approximate surface area is 206 Å². The van der Waals surface area contributed by atoms with E-state index in [-0.39, 0.29) is 6.42 Å². The predicted octanol–water partition coefficient (Wildman–Crippen LogP) is -7.27. The van der Waals surface area contributed by atoms with Crippen molar-refractivity contribution in [3.05, 3.63) is 0 Å². The number of hydrogen-bond donors (Lipinski definition) is 11. The highest BCUT2D eigenvalue weighted by molar-refractivity contribution is 5.05. The Morgan fingerprint density at radius 3 is 2.22 bits per heavy atom. The number of hydrogen-bond acceptors (Lipinski definition) is 16. The van der Waals surface area contributed by atoms with Crippen molar-refractivity contribution in [2.24, 2.45) is 11.5 Å². The van der Waals surface area contributed by atoms with Crippen LogP contribution in [-0.4, -0.2) is 159 Å². The molecule has 1 saturated carbocycles. The first kappa shape index (κ1) is 28.4. The van der Waals surface area contributed by atoms with E-state index in [0.29, 0.717) is 0 Å². The number of rotatable bonds is 6. The fraction of sp³-hybridized carbons (Fsp3) is 1.00. The maximum absolute atomic E-state index is 10.7. The Balaban J connectivity index is 1.62. The third-order valence-corrected chi connectivity index (χ3v) is 7.42. The molecule has 210 valence electrons. The van der Waals surface area contributed by atoms with Crippen molar-refractivity contribution < 1.29 is 64.5 Å². The smallest absolute Gasteiger partial charge is 0.314 e. The van der Waals surface area contributed by atoms with E-state index >= 15 is 0 Å². The van der Waals surface area contributed by atoms with Gasteiger partial charge in [-0.15, -0.1) is 0 Å². The summed E-state index contributed by atoms with van der Waals surface area (Å²) in [6.45, 7) is -1.33. The van der Waals surface area contributed by atoms with Crippen LogP contribution in [0.25, 0.3) is 0 Å². The SMILES string of the molecule is CN[C@H]1C[C@@H](N)[C@H](O)[C@@H](O[C@@H]2O[C@H](CO)[C@H](O)[C@@H]3OC4(O[C@H]23)O[C@H]([C@H](N)CO)[C@H](O)[C@H](O)[C@H]4O)[C@@H]1O. The van der Waals surface area contributed by atoms with E-state index in [1.807, 2.05) is 0 Å². The van der Waals surface area contributed by atoms with E-state index in [1.54, 1.807) is 7.05 Å². The maximum atomic E-state index is 10.7. The van der Waals surface area contributed by atoms with E-state index in [9.17, 15) is 40.9 Å². The molecule has 16 heteroatoms. The molecular weight excluding hydrogens is 490 g/mol. The molecule has 16 nitrogen and oxygen atoms in total. The van der Waals surface area contributed by atoms with Crippen LogP contribution < -0.4 is 16.8 Å². The lowest BCUT2D eigenvalue weighted by molar-refractivity contribution is -0.439. The van der Waals surface area contributed by atoms with Crippen molar-refractivity contribution in [3.63, 3.8) is 0 Å². The summed E-state index contributed by atoms with van der Waals surface area (Å²) >= 11 is 0. The Kier molecular flexibility index (Phi) is 8.55. The van der Waals surface area contributed by atoms with E-state index in [0.717, 1.165) is 0 Å². The van der Waals surface area contributed by atoms with Gasteiger partial charge in [0.2, 0.25) is 0 Å². The van der Waals surface area contributed by atoms with Crippen molar-refractivity contribution >= 4 is 0 Å². The zero-order valence-electron chi connectivity index (χ0n) is 19.6. The minimum absolute atomic E-state index is 0.254. The summed E-state index contributed by atoms with van der Waals surface area (Å²) < 4.78 is 28.7. The largest absolute Gasteiger partial charge is 0.395 e. The standard InChI is InChI=1S/C20H37N3O13/c1-23-7-2-5(21)9(26)15(10(7)27)33-19-17-16(11(28)8(4-25)32-19)35-20(36-17)18(31)13(30)12(29)14(34-20)6(22)3-24/h5-19,23-31H,2-4,21-22H2,1H3/t5-,6-,7+,8-,9+,10-,11+,12-,13+,14-,15-,16+,17+,18-,19+,20?/m1/s1. The van der Waals surface area contributed by atoms with E-state index in [2.05, 4.69) is 5.32 Å². The molecule has 4 aliphatic rings. The van der Waals surface area contributed by atoms with Crippen molar-refractivity contribution in [2.45, 2.75) is 104 Å². The van der Waals surface area contributed by atoms with Gasteiger partial charge in [-0.05, 0) is 13.5 Å². The number of nitrogens with one attached hydrogen (secondary N) is 1. The van der Waals surface area contributed by atoms with E-state index in [4.69, 9.17) is 35.2 Å². The predicted molar refractivity (Wildman–Crippen MR) is 115 cm³/mol. The van der Waals surface area contributed by atoms with E-state index in [1.165, 1.54) is 0 Å². The first-order valence-corrected chi connectivity index (χ1v) is 11.8. The van der Waals surface area contributed by atoms with Crippen molar-refractivity contribution in [3.8, 4) is 0 Å². The molecule has 4 fully saturated rings. The number of likely N-dealkylation sites (N-methyl/N-ethyl adjacent to an activating group) is 1.